The fourth-order valence-electron chi connectivity index (χ4n) is 2.46. The van der Waals surface area contributed by atoms with Crippen LogP contribution in [0.25, 0.3) is 0 Å². The fraction of sp³-hybridized carbons (Fsp3) is 0.588. The summed E-state index contributed by atoms with van der Waals surface area (Å²) >= 11 is 1.75. The Morgan fingerprint density at radius 2 is 1.95 bits per heavy atom. The van der Waals surface area contributed by atoms with Gasteiger partial charge in [-0.3, -0.25) is 4.79 Å². The molecule has 0 radical (unpaired) electrons. The summed E-state index contributed by atoms with van der Waals surface area (Å²) in [4.78, 5) is 12.6. The first-order valence-electron chi connectivity index (χ1n) is 7.52. The van der Waals surface area contributed by atoms with Crippen molar-refractivity contribution in [1.82, 2.24) is 5.32 Å². The molecule has 0 aliphatic heterocycles. The van der Waals surface area contributed by atoms with Crippen LogP contribution in [0.5, 0.6) is 0 Å². The minimum Gasteiger partial charge on any atom is -0.481 e. The normalized spacial score (nSPS) is 14.1. The van der Waals surface area contributed by atoms with Gasteiger partial charge in [-0.15, -0.1) is 11.8 Å². The van der Waals surface area contributed by atoms with Crippen LogP contribution in [-0.4, -0.2) is 29.9 Å². The van der Waals surface area contributed by atoms with Crippen LogP contribution in [0, 0.1) is 11.8 Å². The maximum Gasteiger partial charge on any atom is 0.307 e. The van der Waals surface area contributed by atoms with E-state index in [0.717, 1.165) is 12.8 Å². The quantitative estimate of drug-likeness (QED) is 0.683. The molecule has 2 unspecified atom stereocenters. The van der Waals surface area contributed by atoms with Crippen molar-refractivity contribution in [3.05, 3.63) is 29.8 Å². The van der Waals surface area contributed by atoms with Crippen LogP contribution >= 0.6 is 11.8 Å². The minimum atomic E-state index is -0.701. The predicted molar refractivity (Wildman–Crippen MR) is 90.0 cm³/mol. The lowest BCUT2D eigenvalue weighted by Gasteiger charge is -2.20. The minimum absolute atomic E-state index is 0.271. The molecule has 4 heteroatoms. The Kier molecular flexibility index (Phi) is 7.83. The fourth-order valence-corrected chi connectivity index (χ4v) is 3.09. The summed E-state index contributed by atoms with van der Waals surface area (Å²) in [5.74, 6) is -0.600. The molecule has 3 nitrogen and oxygen atoms in total. The zero-order valence-corrected chi connectivity index (χ0v) is 14.2. The van der Waals surface area contributed by atoms with Crippen LogP contribution in [0.15, 0.2) is 29.2 Å². The van der Waals surface area contributed by atoms with E-state index in [1.165, 1.54) is 10.5 Å². The van der Waals surface area contributed by atoms with Crippen molar-refractivity contribution in [1.29, 1.82) is 0 Å². The second-order valence-corrected chi connectivity index (χ2v) is 6.84. The van der Waals surface area contributed by atoms with Crippen molar-refractivity contribution < 1.29 is 9.90 Å². The zero-order valence-electron chi connectivity index (χ0n) is 13.4. The monoisotopic (exact) mass is 309 g/mol. The van der Waals surface area contributed by atoms with E-state index in [4.69, 9.17) is 0 Å². The molecule has 1 aromatic carbocycles. The molecule has 0 saturated heterocycles. The molecule has 0 saturated carbocycles. The maximum atomic E-state index is 11.3. The molecule has 0 fully saturated rings. The highest BCUT2D eigenvalue weighted by molar-refractivity contribution is 7.98. The van der Waals surface area contributed by atoms with Crippen LogP contribution in [-0.2, 0) is 11.2 Å². The van der Waals surface area contributed by atoms with E-state index in [9.17, 15) is 9.90 Å². The number of rotatable bonds is 9. The number of nitrogens with one attached hydrogen (secondary N) is 1. The van der Waals surface area contributed by atoms with E-state index in [0.29, 0.717) is 12.5 Å². The number of carbonyl (C=O) groups is 1. The van der Waals surface area contributed by atoms with Crippen molar-refractivity contribution >= 4 is 17.7 Å². The van der Waals surface area contributed by atoms with Crippen LogP contribution in [0.4, 0.5) is 0 Å². The Morgan fingerprint density at radius 3 is 2.52 bits per heavy atom. The zero-order chi connectivity index (χ0) is 15.8. The molecule has 0 aliphatic carbocycles. The molecule has 0 spiro atoms. The number of thioether (sulfide) groups is 1. The third kappa shape index (κ3) is 6.53. The Labute approximate surface area is 132 Å². The van der Waals surface area contributed by atoms with E-state index in [1.54, 1.807) is 11.8 Å². The first kappa shape index (κ1) is 18.1. The van der Waals surface area contributed by atoms with E-state index in [-0.39, 0.29) is 12.0 Å². The molecule has 118 valence electrons. The third-order valence-corrected chi connectivity index (χ3v) is 4.37. The van der Waals surface area contributed by atoms with Gasteiger partial charge in [0.25, 0.3) is 0 Å². The summed E-state index contributed by atoms with van der Waals surface area (Å²) in [6.07, 6.45) is 3.72. The van der Waals surface area contributed by atoms with Crippen LogP contribution in [0.2, 0.25) is 0 Å². The Hall–Kier alpha value is -1.00. The largest absolute Gasteiger partial charge is 0.481 e. The van der Waals surface area contributed by atoms with Gasteiger partial charge < -0.3 is 10.4 Å². The number of hydrogen-bond acceptors (Lipinski definition) is 3. The average Bonchev–Trinajstić information content (AvgIpc) is 2.43. The lowest BCUT2D eigenvalue weighted by atomic mass is 9.96. The van der Waals surface area contributed by atoms with Gasteiger partial charge in [0.15, 0.2) is 0 Å². The number of aliphatic carboxylic acids is 1. The summed E-state index contributed by atoms with van der Waals surface area (Å²) in [6, 6.07) is 8.66. The van der Waals surface area contributed by atoms with E-state index < -0.39 is 5.97 Å². The summed E-state index contributed by atoms with van der Waals surface area (Å²) in [6.45, 7) is 6.78. The first-order chi connectivity index (χ1) is 9.93. The Balaban J connectivity index is 2.52. The maximum absolute atomic E-state index is 11.3. The predicted octanol–water partition coefficient (Wildman–Crippen LogP) is 3.68. The molecule has 0 amide bonds. The highest BCUT2D eigenvalue weighted by atomic mass is 32.2. The van der Waals surface area contributed by atoms with E-state index >= 15 is 0 Å². The average molecular weight is 309 g/mol. The Morgan fingerprint density at radius 1 is 1.29 bits per heavy atom. The van der Waals surface area contributed by atoms with Crippen molar-refractivity contribution in [3.8, 4) is 0 Å². The third-order valence-electron chi connectivity index (χ3n) is 3.54. The highest BCUT2D eigenvalue weighted by Crippen LogP contribution is 2.21. The summed E-state index contributed by atoms with van der Waals surface area (Å²) in [5.41, 5.74) is 1.32. The standard InChI is InChI=1S/C17H27NO2S/c1-12(2)9-15(17(19)20)11-18-13(3)10-14-7-5-6-8-16(14)21-4/h5-8,12-13,15,18H,9-11H2,1-4H3,(H,19,20). The molecule has 21 heavy (non-hydrogen) atoms. The van der Waals surface area contributed by atoms with Crippen molar-refractivity contribution in [2.75, 3.05) is 12.8 Å². The molecule has 2 N–H and O–H groups in total. The van der Waals surface area contributed by atoms with Gasteiger partial charge >= 0.3 is 5.97 Å². The van der Waals surface area contributed by atoms with Gasteiger partial charge in [0.1, 0.15) is 0 Å². The van der Waals surface area contributed by atoms with Gasteiger partial charge in [0.05, 0.1) is 5.92 Å². The van der Waals surface area contributed by atoms with Gasteiger partial charge in [0.2, 0.25) is 0 Å². The van der Waals surface area contributed by atoms with Gasteiger partial charge in [-0.05, 0) is 43.6 Å². The van der Waals surface area contributed by atoms with Crippen LogP contribution in [0.3, 0.4) is 0 Å². The van der Waals surface area contributed by atoms with Crippen molar-refractivity contribution in [3.63, 3.8) is 0 Å². The molecule has 2 atom stereocenters. The second-order valence-electron chi connectivity index (χ2n) is 5.99. The molecule has 0 aliphatic rings. The molecule has 1 aromatic rings. The number of hydrogen-bond donors (Lipinski definition) is 2. The molecule has 0 bridgehead atoms. The summed E-state index contributed by atoms with van der Waals surface area (Å²) in [5, 5.41) is 12.6. The van der Waals surface area contributed by atoms with Crippen LogP contribution in [0.1, 0.15) is 32.8 Å². The number of carboxylic acid groups (broad SMARTS) is 1. The molecule has 1 rings (SSSR count). The summed E-state index contributed by atoms with van der Waals surface area (Å²) < 4.78 is 0. The van der Waals surface area contributed by atoms with Gasteiger partial charge in [0, 0.05) is 17.5 Å². The Bertz CT molecular complexity index is 448. The molecular weight excluding hydrogens is 282 g/mol. The number of benzene rings is 1. The SMILES string of the molecule is CSc1ccccc1CC(C)NCC(CC(C)C)C(=O)O. The lowest BCUT2D eigenvalue weighted by Crippen LogP contribution is -2.36. The van der Waals surface area contributed by atoms with Gasteiger partial charge in [-0.1, -0.05) is 32.0 Å². The smallest absolute Gasteiger partial charge is 0.307 e. The molecule has 0 heterocycles. The van der Waals surface area contributed by atoms with Crippen LogP contribution < -0.4 is 5.32 Å². The van der Waals surface area contributed by atoms with E-state index in [1.807, 2.05) is 0 Å². The van der Waals surface area contributed by atoms with Crippen molar-refractivity contribution in [2.45, 2.75) is 44.6 Å². The van der Waals surface area contributed by atoms with Gasteiger partial charge in [-0.2, -0.15) is 0 Å². The molecular formula is C17H27NO2S. The van der Waals surface area contributed by atoms with E-state index in [2.05, 4.69) is 56.6 Å². The van der Waals surface area contributed by atoms with Gasteiger partial charge in [-0.25, -0.2) is 0 Å². The van der Waals surface area contributed by atoms with Crippen molar-refractivity contribution in [2.24, 2.45) is 11.8 Å². The topological polar surface area (TPSA) is 49.3 Å². The highest BCUT2D eigenvalue weighted by Gasteiger charge is 2.19. The number of carboxylic acids is 1. The lowest BCUT2D eigenvalue weighted by molar-refractivity contribution is -0.142. The second kappa shape index (κ2) is 9.11. The molecule has 0 aromatic heterocycles. The first-order valence-corrected chi connectivity index (χ1v) is 8.74. The summed E-state index contributed by atoms with van der Waals surface area (Å²) in [7, 11) is 0.